The van der Waals surface area contributed by atoms with Crippen LogP contribution in [0.2, 0.25) is 0 Å². The Morgan fingerprint density at radius 2 is 2.05 bits per heavy atom. The summed E-state index contributed by atoms with van der Waals surface area (Å²) in [6.45, 7) is 3.96. The Morgan fingerprint density at radius 1 is 1.33 bits per heavy atom. The van der Waals surface area contributed by atoms with Gasteiger partial charge in [-0.3, -0.25) is 4.79 Å². The molecule has 21 heavy (non-hydrogen) atoms. The fourth-order valence-corrected chi connectivity index (χ4v) is 3.64. The number of nitrogens with one attached hydrogen (secondary N) is 2. The molecule has 3 unspecified atom stereocenters. The number of aryl methyl sites for hydroxylation is 1. The van der Waals surface area contributed by atoms with Gasteiger partial charge in [-0.05, 0) is 38.8 Å². The Hall–Kier alpha value is -1.56. The van der Waals surface area contributed by atoms with Gasteiger partial charge in [0.2, 0.25) is 0 Å². The Balaban J connectivity index is 1.89. The van der Waals surface area contributed by atoms with E-state index in [1.54, 1.807) is 11.3 Å². The van der Waals surface area contributed by atoms with Crippen molar-refractivity contribution >= 4 is 23.3 Å². The highest BCUT2D eigenvalue weighted by molar-refractivity contribution is 7.12. The van der Waals surface area contributed by atoms with Crippen LogP contribution in [0.5, 0.6) is 0 Å². The zero-order valence-corrected chi connectivity index (χ0v) is 13.2. The van der Waals surface area contributed by atoms with Crippen LogP contribution in [0.1, 0.15) is 48.4 Å². The molecule has 2 amide bonds. The maximum atomic E-state index is 12.1. The summed E-state index contributed by atoms with van der Waals surface area (Å²) in [4.78, 5) is 25.6. The van der Waals surface area contributed by atoms with Crippen LogP contribution < -0.4 is 10.6 Å². The molecule has 1 heterocycles. The van der Waals surface area contributed by atoms with Crippen LogP contribution in [0.3, 0.4) is 0 Å². The Morgan fingerprint density at radius 3 is 2.67 bits per heavy atom. The standard InChI is InChI=1S/C15H22N2O3S/c1-9-7-8-13(21-9)10(2)16-15(20)17-12-6-4-3-5-11(12)14(18)19/h7-8,10-12H,3-6H2,1-2H3,(H,18,19)(H2,16,17,20). The van der Waals surface area contributed by atoms with Crippen LogP contribution in [0.4, 0.5) is 4.79 Å². The van der Waals surface area contributed by atoms with E-state index < -0.39 is 11.9 Å². The number of carboxylic acid groups (broad SMARTS) is 1. The number of carboxylic acids is 1. The van der Waals surface area contributed by atoms with Crippen molar-refractivity contribution in [3.63, 3.8) is 0 Å². The number of hydrogen-bond donors (Lipinski definition) is 3. The lowest BCUT2D eigenvalue weighted by molar-refractivity contribution is -0.143. The first kappa shape index (κ1) is 15.8. The number of carbonyl (C=O) groups excluding carboxylic acids is 1. The molecule has 5 nitrogen and oxygen atoms in total. The van der Waals surface area contributed by atoms with E-state index >= 15 is 0 Å². The van der Waals surface area contributed by atoms with Gasteiger partial charge in [0.1, 0.15) is 0 Å². The first-order valence-corrected chi connectivity index (χ1v) is 8.15. The monoisotopic (exact) mass is 310 g/mol. The normalized spacial score (nSPS) is 23.3. The van der Waals surface area contributed by atoms with Gasteiger partial charge in [-0.2, -0.15) is 0 Å². The lowest BCUT2D eigenvalue weighted by Crippen LogP contribution is -2.49. The highest BCUT2D eigenvalue weighted by Gasteiger charge is 2.32. The van der Waals surface area contributed by atoms with Gasteiger partial charge >= 0.3 is 12.0 Å². The van der Waals surface area contributed by atoms with Crippen molar-refractivity contribution in [1.82, 2.24) is 10.6 Å². The van der Waals surface area contributed by atoms with E-state index in [1.165, 1.54) is 4.88 Å². The van der Waals surface area contributed by atoms with Crippen molar-refractivity contribution in [3.8, 4) is 0 Å². The predicted octanol–water partition coefficient (Wildman–Crippen LogP) is 3.06. The predicted molar refractivity (Wildman–Crippen MR) is 82.5 cm³/mol. The molecule has 116 valence electrons. The van der Waals surface area contributed by atoms with Crippen molar-refractivity contribution in [1.29, 1.82) is 0 Å². The summed E-state index contributed by atoms with van der Waals surface area (Å²) in [6.07, 6.45) is 3.26. The maximum absolute atomic E-state index is 12.1. The van der Waals surface area contributed by atoms with Crippen LogP contribution in [0.25, 0.3) is 0 Å². The minimum Gasteiger partial charge on any atom is -0.481 e. The molecule has 0 aliphatic heterocycles. The summed E-state index contributed by atoms with van der Waals surface area (Å²) < 4.78 is 0. The number of aliphatic carboxylic acids is 1. The Labute approximate surface area is 128 Å². The smallest absolute Gasteiger partial charge is 0.315 e. The van der Waals surface area contributed by atoms with Gasteiger partial charge < -0.3 is 15.7 Å². The van der Waals surface area contributed by atoms with E-state index in [9.17, 15) is 14.7 Å². The van der Waals surface area contributed by atoms with Gasteiger partial charge in [0, 0.05) is 15.8 Å². The van der Waals surface area contributed by atoms with Crippen molar-refractivity contribution in [3.05, 3.63) is 21.9 Å². The highest BCUT2D eigenvalue weighted by Crippen LogP contribution is 2.25. The molecule has 0 spiro atoms. The third-order valence-electron chi connectivity index (χ3n) is 3.94. The largest absolute Gasteiger partial charge is 0.481 e. The van der Waals surface area contributed by atoms with E-state index in [-0.39, 0.29) is 18.1 Å². The highest BCUT2D eigenvalue weighted by atomic mass is 32.1. The number of carbonyl (C=O) groups is 2. The molecule has 1 aromatic heterocycles. The van der Waals surface area contributed by atoms with Gasteiger partial charge in [0.25, 0.3) is 0 Å². The lowest BCUT2D eigenvalue weighted by atomic mass is 9.84. The summed E-state index contributed by atoms with van der Waals surface area (Å²) in [5, 5.41) is 14.9. The van der Waals surface area contributed by atoms with E-state index in [2.05, 4.69) is 10.6 Å². The number of thiophene rings is 1. The molecule has 3 N–H and O–H groups in total. The summed E-state index contributed by atoms with van der Waals surface area (Å²) in [5.74, 6) is -1.29. The molecule has 0 aromatic carbocycles. The van der Waals surface area contributed by atoms with Gasteiger partial charge in [0.15, 0.2) is 0 Å². The summed E-state index contributed by atoms with van der Waals surface area (Å²) in [6, 6.07) is 3.40. The van der Waals surface area contributed by atoms with Crippen molar-refractivity contribution < 1.29 is 14.7 Å². The van der Waals surface area contributed by atoms with Crippen molar-refractivity contribution in [2.75, 3.05) is 0 Å². The number of amides is 2. The second-order valence-corrected chi connectivity index (χ2v) is 6.94. The molecule has 1 saturated carbocycles. The van der Waals surface area contributed by atoms with Crippen LogP contribution in [0, 0.1) is 12.8 Å². The fraction of sp³-hybridized carbons (Fsp3) is 0.600. The molecule has 0 bridgehead atoms. The topological polar surface area (TPSA) is 78.4 Å². The van der Waals surface area contributed by atoms with Crippen LogP contribution >= 0.6 is 11.3 Å². The fourth-order valence-electron chi connectivity index (χ4n) is 2.76. The molecular weight excluding hydrogens is 288 g/mol. The molecule has 1 fully saturated rings. The quantitative estimate of drug-likeness (QED) is 0.799. The molecule has 3 atom stereocenters. The first-order chi connectivity index (χ1) is 9.97. The first-order valence-electron chi connectivity index (χ1n) is 7.33. The molecule has 1 aliphatic rings. The molecule has 1 aliphatic carbocycles. The molecule has 0 saturated heterocycles. The van der Waals surface area contributed by atoms with Crippen molar-refractivity contribution in [2.45, 2.75) is 51.6 Å². The Kier molecular flexibility index (Phi) is 5.22. The molecule has 0 radical (unpaired) electrons. The van der Waals surface area contributed by atoms with Crippen LogP contribution in [0.15, 0.2) is 12.1 Å². The van der Waals surface area contributed by atoms with Gasteiger partial charge in [-0.1, -0.05) is 12.8 Å². The Bertz CT molecular complexity index is 515. The zero-order valence-electron chi connectivity index (χ0n) is 12.4. The van der Waals surface area contributed by atoms with Gasteiger partial charge in [0.05, 0.1) is 12.0 Å². The average Bonchev–Trinajstić information content (AvgIpc) is 2.85. The maximum Gasteiger partial charge on any atom is 0.315 e. The second kappa shape index (κ2) is 6.93. The van der Waals surface area contributed by atoms with Crippen LogP contribution in [-0.4, -0.2) is 23.1 Å². The van der Waals surface area contributed by atoms with E-state index in [0.717, 1.165) is 24.1 Å². The van der Waals surface area contributed by atoms with E-state index in [1.807, 2.05) is 26.0 Å². The molecule has 1 aromatic rings. The SMILES string of the molecule is Cc1ccc(C(C)NC(=O)NC2CCCCC2C(=O)O)s1. The third-order valence-corrected chi connectivity index (χ3v) is 5.12. The minimum atomic E-state index is -0.818. The second-order valence-electron chi connectivity index (χ2n) is 5.62. The van der Waals surface area contributed by atoms with Crippen molar-refractivity contribution in [2.24, 2.45) is 5.92 Å². The van der Waals surface area contributed by atoms with E-state index in [0.29, 0.717) is 6.42 Å². The van der Waals surface area contributed by atoms with Gasteiger partial charge in [-0.15, -0.1) is 11.3 Å². The van der Waals surface area contributed by atoms with Crippen LogP contribution in [-0.2, 0) is 4.79 Å². The molecule has 6 heteroatoms. The summed E-state index contributed by atoms with van der Waals surface area (Å²) in [5.41, 5.74) is 0. The minimum absolute atomic E-state index is 0.0735. The lowest BCUT2D eigenvalue weighted by Gasteiger charge is -2.29. The molecular formula is C15H22N2O3S. The average molecular weight is 310 g/mol. The third kappa shape index (κ3) is 4.20. The summed E-state index contributed by atoms with van der Waals surface area (Å²) in [7, 11) is 0. The number of urea groups is 1. The van der Waals surface area contributed by atoms with Gasteiger partial charge in [-0.25, -0.2) is 4.79 Å². The zero-order chi connectivity index (χ0) is 15.4. The summed E-state index contributed by atoms with van der Waals surface area (Å²) >= 11 is 1.65. The number of rotatable bonds is 4. The molecule has 2 rings (SSSR count). The van der Waals surface area contributed by atoms with E-state index in [4.69, 9.17) is 0 Å². The number of hydrogen-bond acceptors (Lipinski definition) is 3.